The van der Waals surface area contributed by atoms with E-state index in [2.05, 4.69) is 42.4 Å². The van der Waals surface area contributed by atoms with Gasteiger partial charge in [-0.25, -0.2) is 0 Å². The van der Waals surface area contributed by atoms with Gasteiger partial charge in [-0.2, -0.15) is 0 Å². The van der Waals surface area contributed by atoms with Crippen molar-refractivity contribution in [3.8, 4) is 0 Å². The third-order valence-electron chi connectivity index (χ3n) is 3.55. The fraction of sp³-hybridized carbons (Fsp3) is 0.471. The molecule has 2 heteroatoms. The Bertz CT molecular complexity index is 474. The third-order valence-corrected chi connectivity index (χ3v) is 3.55. The van der Waals surface area contributed by atoms with Crippen molar-refractivity contribution in [2.75, 3.05) is 7.11 Å². The van der Waals surface area contributed by atoms with Crippen molar-refractivity contribution in [3.63, 3.8) is 0 Å². The Balaban J connectivity index is 2.29. The lowest BCUT2D eigenvalue weighted by Gasteiger charge is -2.19. The summed E-state index contributed by atoms with van der Waals surface area (Å²) < 4.78 is 0. The number of hydrogen-bond acceptors (Lipinski definition) is 2. The highest BCUT2D eigenvalue weighted by atomic mass is 16.6. The monoisotopic (exact) mass is 257 g/mol. The second-order valence-corrected chi connectivity index (χ2v) is 5.00. The molecule has 0 saturated carbocycles. The van der Waals surface area contributed by atoms with Gasteiger partial charge >= 0.3 is 0 Å². The van der Waals surface area contributed by atoms with Crippen molar-refractivity contribution in [1.82, 2.24) is 0 Å². The SMILES string of the molecule is CCCC/C=C/c1cccc2c1/C(=N/OC)CCC2. The van der Waals surface area contributed by atoms with Crippen LogP contribution in [0.1, 0.15) is 55.7 Å². The highest BCUT2D eigenvalue weighted by Crippen LogP contribution is 2.26. The first-order valence-electron chi connectivity index (χ1n) is 7.25. The number of unbranched alkanes of at least 4 members (excludes halogenated alkanes) is 2. The molecule has 0 fully saturated rings. The summed E-state index contributed by atoms with van der Waals surface area (Å²) in [5.41, 5.74) is 5.08. The molecule has 1 aromatic carbocycles. The molecule has 0 aliphatic heterocycles. The zero-order valence-electron chi connectivity index (χ0n) is 12.0. The molecule has 19 heavy (non-hydrogen) atoms. The number of nitrogens with zero attached hydrogens (tertiary/aromatic N) is 1. The first-order chi connectivity index (χ1) is 9.36. The maximum Gasteiger partial charge on any atom is 0.106 e. The van der Waals surface area contributed by atoms with Gasteiger partial charge in [0, 0.05) is 5.56 Å². The van der Waals surface area contributed by atoms with Crippen LogP contribution < -0.4 is 0 Å². The van der Waals surface area contributed by atoms with Gasteiger partial charge in [-0.1, -0.05) is 55.3 Å². The van der Waals surface area contributed by atoms with E-state index in [0.29, 0.717) is 0 Å². The van der Waals surface area contributed by atoms with Crippen LogP contribution in [0.4, 0.5) is 0 Å². The summed E-state index contributed by atoms with van der Waals surface area (Å²) in [6.45, 7) is 2.22. The van der Waals surface area contributed by atoms with E-state index in [0.717, 1.165) is 31.4 Å². The Morgan fingerprint density at radius 2 is 2.21 bits per heavy atom. The minimum absolute atomic E-state index is 1.01. The van der Waals surface area contributed by atoms with Crippen LogP contribution in [0.3, 0.4) is 0 Å². The molecule has 0 heterocycles. The van der Waals surface area contributed by atoms with Crippen molar-refractivity contribution >= 4 is 11.8 Å². The average Bonchev–Trinajstić information content (AvgIpc) is 2.44. The van der Waals surface area contributed by atoms with Crippen LogP contribution in [-0.4, -0.2) is 12.8 Å². The minimum atomic E-state index is 1.01. The maximum atomic E-state index is 5.00. The highest BCUT2D eigenvalue weighted by molar-refractivity contribution is 6.05. The molecule has 102 valence electrons. The van der Waals surface area contributed by atoms with E-state index >= 15 is 0 Å². The van der Waals surface area contributed by atoms with E-state index < -0.39 is 0 Å². The van der Waals surface area contributed by atoms with Gasteiger partial charge in [0.2, 0.25) is 0 Å². The van der Waals surface area contributed by atoms with Crippen LogP contribution in [0, 0.1) is 0 Å². The van der Waals surface area contributed by atoms with Crippen LogP contribution in [0.2, 0.25) is 0 Å². The second kappa shape index (κ2) is 7.13. The second-order valence-electron chi connectivity index (χ2n) is 5.00. The van der Waals surface area contributed by atoms with Crippen LogP contribution >= 0.6 is 0 Å². The standard InChI is InChI=1S/C17H23NO/c1-3-4-5-6-9-14-10-7-11-15-12-8-13-16(17(14)15)18-19-2/h6-7,9-11H,3-5,8,12-13H2,1-2H3/b9-6+,18-16+. The van der Waals surface area contributed by atoms with Crippen molar-refractivity contribution < 1.29 is 4.84 Å². The van der Waals surface area contributed by atoms with E-state index in [1.54, 1.807) is 7.11 Å². The summed E-state index contributed by atoms with van der Waals surface area (Å²) in [6, 6.07) is 6.54. The van der Waals surface area contributed by atoms with Gasteiger partial charge in [0.25, 0.3) is 0 Å². The normalized spacial score (nSPS) is 16.8. The van der Waals surface area contributed by atoms with Crippen molar-refractivity contribution in [2.45, 2.75) is 45.4 Å². The van der Waals surface area contributed by atoms with E-state index in [1.165, 1.54) is 29.5 Å². The summed E-state index contributed by atoms with van der Waals surface area (Å²) in [6.07, 6.45) is 11.5. The quantitative estimate of drug-likeness (QED) is 0.559. The molecular weight excluding hydrogens is 234 g/mol. The fourth-order valence-electron chi connectivity index (χ4n) is 2.62. The van der Waals surface area contributed by atoms with E-state index in [9.17, 15) is 0 Å². The molecule has 0 spiro atoms. The first-order valence-corrected chi connectivity index (χ1v) is 7.25. The molecular formula is C17H23NO. The lowest BCUT2D eigenvalue weighted by molar-refractivity contribution is 0.212. The molecule has 1 aliphatic carbocycles. The predicted molar refractivity (Wildman–Crippen MR) is 81.5 cm³/mol. The van der Waals surface area contributed by atoms with Gasteiger partial charge < -0.3 is 4.84 Å². The third kappa shape index (κ3) is 3.46. The van der Waals surface area contributed by atoms with Crippen molar-refractivity contribution in [1.29, 1.82) is 0 Å². The molecule has 0 amide bonds. The van der Waals surface area contributed by atoms with Gasteiger partial charge in [-0.05, 0) is 36.8 Å². The van der Waals surface area contributed by atoms with Gasteiger partial charge in [-0.15, -0.1) is 0 Å². The lowest BCUT2D eigenvalue weighted by Crippen LogP contribution is -2.14. The van der Waals surface area contributed by atoms with Crippen molar-refractivity contribution in [3.05, 3.63) is 41.0 Å². The van der Waals surface area contributed by atoms with E-state index in [4.69, 9.17) is 4.84 Å². The Morgan fingerprint density at radius 1 is 1.32 bits per heavy atom. The summed E-state index contributed by atoms with van der Waals surface area (Å²) in [4.78, 5) is 5.00. The van der Waals surface area contributed by atoms with Crippen LogP contribution in [0.25, 0.3) is 6.08 Å². The van der Waals surface area contributed by atoms with E-state index in [1.807, 2.05) is 0 Å². The average molecular weight is 257 g/mol. The van der Waals surface area contributed by atoms with Crippen molar-refractivity contribution in [2.24, 2.45) is 5.16 Å². The predicted octanol–water partition coefficient (Wildman–Crippen LogP) is 4.58. The largest absolute Gasteiger partial charge is 0.399 e. The first kappa shape index (κ1) is 13.9. The van der Waals surface area contributed by atoms with Gasteiger partial charge in [0.1, 0.15) is 7.11 Å². The van der Waals surface area contributed by atoms with Crippen LogP contribution in [0.5, 0.6) is 0 Å². The molecule has 2 nitrogen and oxygen atoms in total. The molecule has 1 aromatic rings. The summed E-state index contributed by atoms with van der Waals surface area (Å²) in [5.74, 6) is 0. The number of hydrogen-bond donors (Lipinski definition) is 0. The Kier molecular flexibility index (Phi) is 5.20. The minimum Gasteiger partial charge on any atom is -0.399 e. The molecule has 0 radical (unpaired) electrons. The smallest absolute Gasteiger partial charge is 0.106 e. The number of fused-ring (bicyclic) bond motifs is 1. The Morgan fingerprint density at radius 3 is 3.00 bits per heavy atom. The maximum absolute atomic E-state index is 5.00. The van der Waals surface area contributed by atoms with Crippen LogP contribution in [-0.2, 0) is 11.3 Å². The molecule has 0 N–H and O–H groups in total. The zero-order valence-corrected chi connectivity index (χ0v) is 12.0. The molecule has 0 bridgehead atoms. The zero-order chi connectivity index (χ0) is 13.5. The fourth-order valence-corrected chi connectivity index (χ4v) is 2.62. The number of rotatable bonds is 5. The molecule has 0 unspecified atom stereocenters. The highest BCUT2D eigenvalue weighted by Gasteiger charge is 2.18. The van der Waals surface area contributed by atoms with Gasteiger partial charge in [0.05, 0.1) is 5.71 Å². The molecule has 0 atom stereocenters. The topological polar surface area (TPSA) is 21.6 Å². The molecule has 1 aliphatic rings. The number of benzene rings is 1. The summed E-state index contributed by atoms with van der Waals surface area (Å²) in [5, 5.41) is 4.21. The number of oxime groups is 1. The van der Waals surface area contributed by atoms with E-state index in [-0.39, 0.29) is 0 Å². The van der Waals surface area contributed by atoms with Gasteiger partial charge in [0.15, 0.2) is 0 Å². The lowest BCUT2D eigenvalue weighted by atomic mass is 9.86. The summed E-state index contributed by atoms with van der Waals surface area (Å²) in [7, 11) is 1.63. The molecule has 2 rings (SSSR count). The molecule has 0 saturated heterocycles. The summed E-state index contributed by atoms with van der Waals surface area (Å²) >= 11 is 0. The molecule has 0 aromatic heterocycles. The Hall–Kier alpha value is -1.57. The van der Waals surface area contributed by atoms with Gasteiger partial charge in [-0.3, -0.25) is 0 Å². The Labute approximate surface area is 116 Å². The number of aryl methyl sites for hydroxylation is 1. The van der Waals surface area contributed by atoms with Crippen LogP contribution in [0.15, 0.2) is 29.4 Å². The number of allylic oxidation sites excluding steroid dienone is 1.